The van der Waals surface area contributed by atoms with Gasteiger partial charge >= 0.3 is 5.97 Å². The molecule has 0 N–H and O–H groups in total. The average molecular weight is 286 g/mol. The summed E-state index contributed by atoms with van der Waals surface area (Å²) >= 11 is 0. The van der Waals surface area contributed by atoms with Crippen molar-refractivity contribution in [3.05, 3.63) is 44.0 Å². The number of nitro benzene ring substituents is 2. The molecular formula is C10H7FN2O7. The van der Waals surface area contributed by atoms with Gasteiger partial charge in [-0.2, -0.15) is 0 Å². The van der Waals surface area contributed by atoms with E-state index in [1.807, 2.05) is 0 Å². The highest BCUT2D eigenvalue weighted by atomic mass is 19.1. The molecule has 0 aliphatic heterocycles. The van der Waals surface area contributed by atoms with Crippen molar-refractivity contribution in [3.8, 4) is 0 Å². The first-order valence-corrected chi connectivity index (χ1v) is 4.99. The smallest absolute Gasteiger partial charge is 0.348 e. The molecule has 9 nitrogen and oxygen atoms in total. The first-order valence-electron chi connectivity index (χ1n) is 4.99. The maximum Gasteiger partial charge on any atom is 0.348 e. The van der Waals surface area contributed by atoms with Gasteiger partial charge in [-0.1, -0.05) is 0 Å². The molecule has 1 atom stereocenters. The van der Waals surface area contributed by atoms with Crippen molar-refractivity contribution in [1.82, 2.24) is 0 Å². The molecule has 0 heterocycles. The maximum absolute atomic E-state index is 13.5. The van der Waals surface area contributed by atoms with Gasteiger partial charge in [0.1, 0.15) is 0 Å². The van der Waals surface area contributed by atoms with Crippen molar-refractivity contribution in [2.45, 2.75) is 6.17 Å². The van der Waals surface area contributed by atoms with Crippen molar-refractivity contribution < 1.29 is 28.6 Å². The summed E-state index contributed by atoms with van der Waals surface area (Å²) < 4.78 is 17.5. The number of carbonyl (C=O) groups is 2. The number of nitro groups is 2. The van der Waals surface area contributed by atoms with Crippen LogP contribution in [-0.4, -0.2) is 34.9 Å². The number of halogens is 1. The zero-order valence-corrected chi connectivity index (χ0v) is 9.94. The number of ether oxygens (including phenoxy) is 1. The Morgan fingerprint density at radius 3 is 2.00 bits per heavy atom. The number of carbonyl (C=O) groups excluding carboxylic acids is 2. The Kier molecular flexibility index (Phi) is 4.41. The lowest BCUT2D eigenvalue weighted by Crippen LogP contribution is -2.28. The third-order valence-corrected chi connectivity index (χ3v) is 2.30. The van der Waals surface area contributed by atoms with Gasteiger partial charge in [-0.05, 0) is 6.07 Å². The molecule has 10 heteroatoms. The maximum atomic E-state index is 13.5. The number of Topliss-reactive ketones (excluding diaryl/α,β-unsaturated/α-hetero) is 1. The summed E-state index contributed by atoms with van der Waals surface area (Å²) in [6.07, 6.45) is -2.88. The molecule has 106 valence electrons. The molecule has 0 spiro atoms. The van der Waals surface area contributed by atoms with Gasteiger partial charge in [0.15, 0.2) is 5.56 Å². The van der Waals surface area contributed by atoms with Crippen LogP contribution in [0.4, 0.5) is 15.8 Å². The van der Waals surface area contributed by atoms with Gasteiger partial charge in [0, 0.05) is 12.1 Å². The molecule has 0 aliphatic rings. The Morgan fingerprint density at radius 2 is 1.65 bits per heavy atom. The van der Waals surface area contributed by atoms with Crippen LogP contribution in [0.15, 0.2) is 18.2 Å². The second-order valence-electron chi connectivity index (χ2n) is 3.44. The molecular weight excluding hydrogens is 279 g/mol. The van der Waals surface area contributed by atoms with Gasteiger partial charge in [0.2, 0.25) is 5.78 Å². The third-order valence-electron chi connectivity index (χ3n) is 2.30. The molecule has 0 saturated carbocycles. The molecule has 0 amide bonds. The van der Waals surface area contributed by atoms with Gasteiger partial charge in [0.05, 0.1) is 17.0 Å². The van der Waals surface area contributed by atoms with Crippen molar-refractivity contribution >= 4 is 23.1 Å². The molecule has 20 heavy (non-hydrogen) atoms. The number of hydrogen-bond acceptors (Lipinski definition) is 7. The van der Waals surface area contributed by atoms with Crippen LogP contribution in [-0.2, 0) is 9.53 Å². The number of esters is 1. The van der Waals surface area contributed by atoms with E-state index in [0.717, 1.165) is 25.3 Å². The fourth-order valence-corrected chi connectivity index (χ4v) is 1.42. The highest BCUT2D eigenvalue weighted by Gasteiger charge is 2.38. The molecule has 0 aliphatic carbocycles. The van der Waals surface area contributed by atoms with E-state index in [4.69, 9.17) is 0 Å². The van der Waals surface area contributed by atoms with Crippen LogP contribution < -0.4 is 0 Å². The fraction of sp³-hybridized carbons (Fsp3) is 0.200. The molecule has 0 fully saturated rings. The Bertz CT molecular complexity index is 569. The minimum absolute atomic E-state index is 0.796. The largest absolute Gasteiger partial charge is 0.467 e. The molecule has 0 aromatic heterocycles. The Balaban J connectivity index is 3.48. The zero-order valence-electron chi connectivity index (χ0n) is 9.94. The summed E-state index contributed by atoms with van der Waals surface area (Å²) in [7, 11) is 0.802. The quantitative estimate of drug-likeness (QED) is 0.261. The standard InChI is InChI=1S/C10H7FN2O7/c1-20-10(15)8(11)9(14)7-5(12(16)17)3-2-4-6(7)13(18)19/h2-4,8H,1H3. The van der Waals surface area contributed by atoms with Crippen molar-refractivity contribution in [2.75, 3.05) is 7.11 Å². The predicted molar refractivity (Wildman–Crippen MR) is 61.0 cm³/mol. The molecule has 0 saturated heterocycles. The fourth-order valence-electron chi connectivity index (χ4n) is 1.42. The van der Waals surface area contributed by atoms with E-state index in [1.165, 1.54) is 0 Å². The van der Waals surface area contributed by atoms with E-state index in [-0.39, 0.29) is 0 Å². The van der Waals surface area contributed by atoms with Crippen LogP contribution in [0, 0.1) is 20.2 Å². The van der Waals surface area contributed by atoms with Gasteiger partial charge in [-0.15, -0.1) is 0 Å². The van der Waals surface area contributed by atoms with Crippen molar-refractivity contribution in [1.29, 1.82) is 0 Å². The Morgan fingerprint density at radius 1 is 1.20 bits per heavy atom. The van der Waals surface area contributed by atoms with Gasteiger partial charge in [-0.3, -0.25) is 25.0 Å². The van der Waals surface area contributed by atoms with E-state index >= 15 is 0 Å². The van der Waals surface area contributed by atoms with E-state index < -0.39 is 44.7 Å². The highest BCUT2D eigenvalue weighted by molar-refractivity contribution is 6.15. The molecule has 0 bridgehead atoms. The topological polar surface area (TPSA) is 130 Å². The molecule has 1 aromatic carbocycles. The lowest BCUT2D eigenvalue weighted by molar-refractivity contribution is -0.394. The van der Waals surface area contributed by atoms with Crippen LogP contribution in [0.2, 0.25) is 0 Å². The highest BCUT2D eigenvalue weighted by Crippen LogP contribution is 2.30. The summed E-state index contributed by atoms with van der Waals surface area (Å²) in [4.78, 5) is 42.0. The average Bonchev–Trinajstić information content (AvgIpc) is 2.43. The lowest BCUT2D eigenvalue weighted by atomic mass is 10.0. The molecule has 1 rings (SSSR count). The number of nitrogens with zero attached hydrogens (tertiary/aromatic N) is 2. The number of methoxy groups -OCH3 is 1. The van der Waals surface area contributed by atoms with Crippen LogP contribution in [0.25, 0.3) is 0 Å². The number of benzene rings is 1. The molecule has 0 radical (unpaired) electrons. The predicted octanol–water partition coefficient (Wildman–Crippen LogP) is 1.20. The number of hydrogen-bond donors (Lipinski definition) is 0. The summed E-state index contributed by atoms with van der Waals surface area (Å²) in [5.41, 5.74) is -3.01. The number of alkyl halides is 1. The number of ketones is 1. The third kappa shape index (κ3) is 2.74. The van der Waals surface area contributed by atoms with E-state index in [2.05, 4.69) is 4.74 Å². The van der Waals surface area contributed by atoms with E-state index in [1.54, 1.807) is 0 Å². The second kappa shape index (κ2) is 5.82. The lowest BCUT2D eigenvalue weighted by Gasteiger charge is -2.06. The van der Waals surface area contributed by atoms with Gasteiger partial charge in [0.25, 0.3) is 17.5 Å². The monoisotopic (exact) mass is 286 g/mol. The van der Waals surface area contributed by atoms with Gasteiger partial charge in [-0.25, -0.2) is 9.18 Å². The van der Waals surface area contributed by atoms with E-state index in [9.17, 15) is 34.2 Å². The minimum Gasteiger partial charge on any atom is -0.467 e. The summed E-state index contributed by atoms with van der Waals surface area (Å²) in [5.74, 6) is -3.29. The SMILES string of the molecule is COC(=O)C(F)C(=O)c1c([N+](=O)[O-])cccc1[N+](=O)[O-]. The zero-order chi connectivity index (χ0) is 15.4. The van der Waals surface area contributed by atoms with Crippen molar-refractivity contribution in [3.63, 3.8) is 0 Å². The van der Waals surface area contributed by atoms with Gasteiger partial charge < -0.3 is 4.74 Å². The van der Waals surface area contributed by atoms with E-state index in [0.29, 0.717) is 0 Å². The normalized spacial score (nSPS) is 11.5. The Labute approximate surface area is 110 Å². The first kappa shape index (κ1) is 15.1. The second-order valence-corrected chi connectivity index (χ2v) is 3.44. The molecule has 1 unspecified atom stereocenters. The number of rotatable bonds is 5. The summed E-state index contributed by atoms with van der Waals surface area (Å²) in [5, 5.41) is 21.5. The van der Waals surface area contributed by atoms with Crippen LogP contribution in [0.5, 0.6) is 0 Å². The Hall–Kier alpha value is -2.91. The van der Waals surface area contributed by atoms with Crippen LogP contribution in [0.3, 0.4) is 0 Å². The summed E-state index contributed by atoms with van der Waals surface area (Å²) in [6, 6.07) is 2.56. The minimum atomic E-state index is -2.88. The first-order chi connectivity index (χ1) is 9.31. The van der Waals surface area contributed by atoms with Crippen LogP contribution >= 0.6 is 0 Å². The van der Waals surface area contributed by atoms with Crippen molar-refractivity contribution in [2.24, 2.45) is 0 Å². The molecule has 1 aromatic rings. The summed E-state index contributed by atoms with van der Waals surface area (Å²) in [6.45, 7) is 0. The van der Waals surface area contributed by atoms with Crippen LogP contribution in [0.1, 0.15) is 10.4 Å².